The Balaban J connectivity index is 1.64. The minimum absolute atomic E-state index is 0.312. The summed E-state index contributed by atoms with van der Waals surface area (Å²) >= 11 is 1.64. The first-order valence-corrected chi connectivity index (χ1v) is 10.4. The van der Waals surface area contributed by atoms with E-state index in [1.807, 2.05) is 36.4 Å². The molecule has 0 amide bonds. The molecule has 2 N–H and O–H groups in total. The Hall–Kier alpha value is -2.80. The molecular formula is C21H24N4O2S. The van der Waals surface area contributed by atoms with E-state index < -0.39 is 5.69 Å². The molecule has 2 heterocycles. The van der Waals surface area contributed by atoms with Gasteiger partial charge in [-0.3, -0.25) is 19.3 Å². The summed E-state index contributed by atoms with van der Waals surface area (Å²) in [5, 5.41) is 3.12. The highest BCUT2D eigenvalue weighted by atomic mass is 32.2. The average molecular weight is 397 g/mol. The summed E-state index contributed by atoms with van der Waals surface area (Å²) in [5.41, 5.74) is 3.56. The molecule has 0 saturated carbocycles. The Morgan fingerprint density at radius 2 is 2.04 bits per heavy atom. The maximum atomic E-state index is 12.4. The molecule has 3 rings (SSSR count). The molecule has 0 unspecified atom stereocenters. The molecule has 0 saturated heterocycles. The molecule has 6 nitrogen and oxygen atoms in total. The molecule has 146 valence electrons. The van der Waals surface area contributed by atoms with Gasteiger partial charge >= 0.3 is 5.69 Å². The van der Waals surface area contributed by atoms with Gasteiger partial charge in [0.1, 0.15) is 5.82 Å². The average Bonchev–Trinajstić information content (AvgIpc) is 2.69. The van der Waals surface area contributed by atoms with E-state index in [0.29, 0.717) is 18.1 Å². The van der Waals surface area contributed by atoms with Gasteiger partial charge in [-0.25, -0.2) is 4.79 Å². The van der Waals surface area contributed by atoms with Crippen LogP contribution in [0.5, 0.6) is 0 Å². The number of hydrogen-bond acceptors (Lipinski definition) is 5. The van der Waals surface area contributed by atoms with E-state index in [1.165, 1.54) is 21.8 Å². The first-order chi connectivity index (χ1) is 13.6. The molecule has 0 atom stereocenters. The van der Waals surface area contributed by atoms with Crippen molar-refractivity contribution < 1.29 is 0 Å². The van der Waals surface area contributed by atoms with E-state index >= 15 is 0 Å². The van der Waals surface area contributed by atoms with Crippen molar-refractivity contribution in [3.63, 3.8) is 0 Å². The highest BCUT2D eigenvalue weighted by Crippen LogP contribution is 2.18. The molecule has 7 heteroatoms. The number of hydrogen-bond donors (Lipinski definition) is 2. The molecule has 28 heavy (non-hydrogen) atoms. The van der Waals surface area contributed by atoms with Crippen molar-refractivity contribution in [1.82, 2.24) is 14.5 Å². The van der Waals surface area contributed by atoms with Crippen molar-refractivity contribution in [2.45, 2.75) is 32.6 Å². The van der Waals surface area contributed by atoms with Crippen molar-refractivity contribution in [3.8, 4) is 0 Å². The third-order valence-electron chi connectivity index (χ3n) is 4.46. The van der Waals surface area contributed by atoms with Gasteiger partial charge in [-0.15, -0.1) is 0 Å². The second-order valence-electron chi connectivity index (χ2n) is 6.47. The fourth-order valence-electron chi connectivity index (χ4n) is 2.90. The number of H-pyrrole nitrogens is 1. The molecule has 0 spiro atoms. The minimum atomic E-state index is -0.406. The van der Waals surface area contributed by atoms with Crippen LogP contribution in [-0.2, 0) is 18.7 Å². The van der Waals surface area contributed by atoms with Crippen molar-refractivity contribution in [1.29, 1.82) is 0 Å². The van der Waals surface area contributed by atoms with Crippen LogP contribution in [0.15, 0.2) is 58.3 Å². The summed E-state index contributed by atoms with van der Waals surface area (Å²) < 4.78 is 1.23. The fourth-order valence-corrected chi connectivity index (χ4v) is 3.74. The molecule has 2 aromatic heterocycles. The lowest BCUT2D eigenvalue weighted by Gasteiger charge is -2.11. The number of aryl methyl sites for hydroxylation is 2. The van der Waals surface area contributed by atoms with E-state index in [-0.39, 0.29) is 5.56 Å². The van der Waals surface area contributed by atoms with E-state index in [2.05, 4.69) is 29.1 Å². The predicted octanol–water partition coefficient (Wildman–Crippen LogP) is 3.48. The topological polar surface area (TPSA) is 79.8 Å². The lowest BCUT2D eigenvalue weighted by Crippen LogP contribution is -2.35. The maximum absolute atomic E-state index is 12.4. The molecule has 3 aromatic rings. The quantitative estimate of drug-likeness (QED) is 0.570. The summed E-state index contributed by atoms with van der Waals surface area (Å²) in [7, 11) is 0. The first-order valence-electron chi connectivity index (χ1n) is 9.25. The highest BCUT2D eigenvalue weighted by molar-refractivity contribution is 7.98. The van der Waals surface area contributed by atoms with Gasteiger partial charge < -0.3 is 5.32 Å². The van der Waals surface area contributed by atoms with Gasteiger partial charge in [-0.05, 0) is 48.7 Å². The van der Waals surface area contributed by atoms with Gasteiger partial charge in [0.05, 0.1) is 5.69 Å². The number of pyridine rings is 1. The zero-order valence-corrected chi connectivity index (χ0v) is 16.9. The third kappa shape index (κ3) is 5.13. The van der Waals surface area contributed by atoms with Crippen molar-refractivity contribution >= 4 is 23.3 Å². The van der Waals surface area contributed by atoms with E-state index in [1.54, 1.807) is 18.0 Å². The van der Waals surface area contributed by atoms with Crippen LogP contribution in [-0.4, -0.2) is 20.3 Å². The summed E-state index contributed by atoms with van der Waals surface area (Å²) in [6.45, 7) is 4.52. The Bertz CT molecular complexity index is 1010. The van der Waals surface area contributed by atoms with Gasteiger partial charge in [0.15, 0.2) is 0 Å². The number of nitrogens with one attached hydrogen (secondary N) is 2. The number of aromatic amines is 1. The van der Waals surface area contributed by atoms with Crippen LogP contribution in [0.2, 0.25) is 0 Å². The number of anilines is 2. The number of rotatable bonds is 8. The van der Waals surface area contributed by atoms with Crippen molar-refractivity contribution in [2.24, 2.45) is 0 Å². The Morgan fingerprint density at radius 1 is 1.18 bits per heavy atom. The van der Waals surface area contributed by atoms with Gasteiger partial charge in [-0.1, -0.05) is 19.1 Å². The van der Waals surface area contributed by atoms with Gasteiger partial charge in [0.2, 0.25) is 0 Å². The molecule has 0 aliphatic heterocycles. The Kier molecular flexibility index (Phi) is 6.71. The number of thioether (sulfide) groups is 1. The van der Waals surface area contributed by atoms with Crippen LogP contribution in [0.25, 0.3) is 0 Å². The summed E-state index contributed by atoms with van der Waals surface area (Å²) in [6.07, 6.45) is 2.68. The van der Waals surface area contributed by atoms with Crippen LogP contribution in [0.3, 0.4) is 0 Å². The van der Waals surface area contributed by atoms with Crippen LogP contribution in [0.4, 0.5) is 11.5 Å². The normalized spacial score (nSPS) is 10.8. The van der Waals surface area contributed by atoms with Crippen molar-refractivity contribution in [3.05, 3.63) is 86.3 Å². The molecule has 0 aliphatic carbocycles. The molecule has 0 aliphatic rings. The minimum Gasteiger partial charge on any atom is -0.342 e. The predicted molar refractivity (Wildman–Crippen MR) is 116 cm³/mol. The molecule has 1 aromatic carbocycles. The summed E-state index contributed by atoms with van der Waals surface area (Å²) in [4.78, 5) is 31.7. The lowest BCUT2D eigenvalue weighted by molar-refractivity contribution is 0.681. The van der Waals surface area contributed by atoms with Gasteiger partial charge in [-0.2, -0.15) is 11.8 Å². The van der Waals surface area contributed by atoms with Gasteiger partial charge in [0.25, 0.3) is 5.56 Å². The number of benzene rings is 1. The van der Waals surface area contributed by atoms with Crippen LogP contribution in [0, 0.1) is 6.92 Å². The van der Waals surface area contributed by atoms with Crippen LogP contribution in [0.1, 0.15) is 23.7 Å². The van der Waals surface area contributed by atoms with Crippen molar-refractivity contribution in [2.75, 3.05) is 11.1 Å². The van der Waals surface area contributed by atoms with E-state index in [0.717, 1.165) is 23.6 Å². The van der Waals surface area contributed by atoms with Gasteiger partial charge in [0, 0.05) is 36.0 Å². The lowest BCUT2D eigenvalue weighted by atomic mass is 10.1. The smallest absolute Gasteiger partial charge is 0.329 e. The maximum Gasteiger partial charge on any atom is 0.329 e. The molecule has 0 fully saturated rings. The van der Waals surface area contributed by atoms with E-state index in [9.17, 15) is 9.59 Å². The van der Waals surface area contributed by atoms with E-state index in [4.69, 9.17) is 0 Å². The van der Waals surface area contributed by atoms with Crippen LogP contribution >= 0.6 is 11.8 Å². The standard InChI is InChI=1S/C21H24N4O2S/c1-3-16-12-17(8-7-15(16)2)23-19-13-20(26)25(21(27)24-19)10-11-28-14-18-6-4-5-9-22-18/h4-9,12-13,23H,3,10-11,14H2,1-2H3,(H,24,27). The second-order valence-corrected chi connectivity index (χ2v) is 7.58. The fraction of sp³-hybridized carbons (Fsp3) is 0.286. The molecular weight excluding hydrogens is 372 g/mol. The largest absolute Gasteiger partial charge is 0.342 e. The monoisotopic (exact) mass is 396 g/mol. The third-order valence-corrected chi connectivity index (χ3v) is 5.44. The highest BCUT2D eigenvalue weighted by Gasteiger charge is 2.06. The second kappa shape index (κ2) is 9.41. The number of aromatic nitrogens is 3. The zero-order valence-electron chi connectivity index (χ0n) is 16.1. The zero-order chi connectivity index (χ0) is 19.9. The molecule has 0 radical (unpaired) electrons. The SMILES string of the molecule is CCc1cc(Nc2cc(=O)n(CCSCc3ccccn3)c(=O)[nH]2)ccc1C. The Morgan fingerprint density at radius 3 is 2.75 bits per heavy atom. The molecule has 0 bridgehead atoms. The summed E-state index contributed by atoms with van der Waals surface area (Å²) in [5.74, 6) is 1.81. The van der Waals surface area contributed by atoms with Crippen LogP contribution < -0.4 is 16.6 Å². The Labute approximate surface area is 168 Å². The summed E-state index contributed by atoms with van der Waals surface area (Å²) in [6, 6.07) is 13.2. The number of nitrogens with zero attached hydrogens (tertiary/aromatic N) is 2. The first kappa shape index (κ1) is 19.9.